The minimum absolute atomic E-state index is 0.546. The lowest BCUT2D eigenvalue weighted by Crippen LogP contribution is -2.16. The number of H-pyrrole nitrogens is 1. The van der Waals surface area contributed by atoms with Gasteiger partial charge >= 0.3 is 5.13 Å². The van der Waals surface area contributed by atoms with Gasteiger partial charge in [0.1, 0.15) is 11.4 Å². The summed E-state index contributed by atoms with van der Waals surface area (Å²) in [6, 6.07) is 8.40. The standard InChI is InChI=1S/C16H20N2OS/c1-19-14-6-4-12(5-7-14)9-13(8-11-2-3-11)15-10-20-16(17)18-15/h4-7,10-11,13H,2-3,8-9H2,1H3,(H2,17,18)/p+1. The average molecular weight is 289 g/mol. The Kier molecular flexibility index (Phi) is 3.92. The van der Waals surface area contributed by atoms with Crippen molar-refractivity contribution in [3.63, 3.8) is 0 Å². The number of anilines is 1. The topological polar surface area (TPSA) is 49.4 Å². The quantitative estimate of drug-likeness (QED) is 0.887. The Balaban J connectivity index is 1.74. The van der Waals surface area contributed by atoms with Crippen LogP contribution in [0.4, 0.5) is 5.13 Å². The molecule has 1 saturated carbocycles. The number of hydrogen-bond donors (Lipinski definition) is 1. The van der Waals surface area contributed by atoms with E-state index < -0.39 is 0 Å². The van der Waals surface area contributed by atoms with Crippen LogP contribution in [0.1, 0.15) is 36.4 Å². The molecule has 3 N–H and O–H groups in total. The van der Waals surface area contributed by atoms with Gasteiger partial charge in [-0.15, -0.1) is 0 Å². The van der Waals surface area contributed by atoms with E-state index in [1.807, 2.05) is 12.1 Å². The van der Waals surface area contributed by atoms with Gasteiger partial charge in [-0.25, -0.2) is 4.98 Å². The van der Waals surface area contributed by atoms with Gasteiger partial charge in [0.2, 0.25) is 0 Å². The fourth-order valence-corrected chi connectivity index (χ4v) is 3.33. The predicted octanol–water partition coefficient (Wildman–Crippen LogP) is 3.28. The number of nitrogen functional groups attached to an aromatic ring is 1. The van der Waals surface area contributed by atoms with Crippen molar-refractivity contribution in [2.75, 3.05) is 12.8 Å². The minimum Gasteiger partial charge on any atom is -0.497 e. The fraction of sp³-hybridized carbons (Fsp3) is 0.438. The van der Waals surface area contributed by atoms with Crippen molar-refractivity contribution in [3.05, 3.63) is 40.9 Å². The van der Waals surface area contributed by atoms with Crippen molar-refractivity contribution in [2.24, 2.45) is 5.92 Å². The van der Waals surface area contributed by atoms with Crippen LogP contribution in [0.2, 0.25) is 0 Å². The highest BCUT2D eigenvalue weighted by molar-refractivity contribution is 7.13. The molecule has 2 aromatic rings. The van der Waals surface area contributed by atoms with Gasteiger partial charge in [0, 0.05) is 11.3 Å². The summed E-state index contributed by atoms with van der Waals surface area (Å²) < 4.78 is 5.22. The van der Waals surface area contributed by atoms with Gasteiger partial charge < -0.3 is 4.74 Å². The Hall–Kier alpha value is -1.55. The number of hydrogen-bond acceptors (Lipinski definition) is 3. The van der Waals surface area contributed by atoms with E-state index in [-0.39, 0.29) is 0 Å². The van der Waals surface area contributed by atoms with Crippen LogP contribution < -0.4 is 15.5 Å². The lowest BCUT2D eigenvalue weighted by atomic mass is 9.91. The highest BCUT2D eigenvalue weighted by Crippen LogP contribution is 2.39. The fourth-order valence-electron chi connectivity index (χ4n) is 2.65. The number of aromatic amines is 1. The average Bonchev–Trinajstić information content (AvgIpc) is 3.18. The van der Waals surface area contributed by atoms with Gasteiger partial charge in [-0.2, -0.15) is 0 Å². The van der Waals surface area contributed by atoms with Crippen molar-refractivity contribution < 1.29 is 9.72 Å². The normalized spacial score (nSPS) is 16.1. The molecule has 0 saturated heterocycles. The summed E-state index contributed by atoms with van der Waals surface area (Å²) in [5.74, 6) is 2.37. The molecule has 0 radical (unpaired) electrons. The Bertz CT molecular complexity index is 560. The lowest BCUT2D eigenvalue weighted by Gasteiger charge is -2.13. The molecule has 1 unspecified atom stereocenters. The zero-order valence-electron chi connectivity index (χ0n) is 11.8. The summed E-state index contributed by atoms with van der Waals surface area (Å²) in [6.07, 6.45) is 5.10. The van der Waals surface area contributed by atoms with Gasteiger partial charge in [-0.3, -0.25) is 5.73 Å². The van der Waals surface area contributed by atoms with Gasteiger partial charge in [0.05, 0.1) is 7.11 Å². The first-order valence-electron chi connectivity index (χ1n) is 7.13. The molecule has 3 nitrogen and oxygen atoms in total. The molecule has 1 aliphatic rings. The third-order valence-electron chi connectivity index (χ3n) is 3.98. The predicted molar refractivity (Wildman–Crippen MR) is 82.1 cm³/mol. The first-order chi connectivity index (χ1) is 9.74. The largest absolute Gasteiger partial charge is 0.497 e. The number of ether oxygens (including phenoxy) is 1. The van der Waals surface area contributed by atoms with Crippen LogP contribution in [0.3, 0.4) is 0 Å². The molecule has 1 fully saturated rings. The van der Waals surface area contributed by atoms with E-state index in [0.717, 1.165) is 23.2 Å². The van der Waals surface area contributed by atoms with E-state index in [0.29, 0.717) is 5.92 Å². The Labute approximate surface area is 123 Å². The summed E-state index contributed by atoms with van der Waals surface area (Å²) >= 11 is 1.60. The highest BCUT2D eigenvalue weighted by Gasteiger charge is 2.28. The van der Waals surface area contributed by atoms with Crippen LogP contribution in [0.25, 0.3) is 0 Å². The molecule has 106 valence electrons. The number of methoxy groups -OCH3 is 1. The van der Waals surface area contributed by atoms with Crippen LogP contribution in [0.5, 0.6) is 5.75 Å². The molecule has 0 spiro atoms. The highest BCUT2D eigenvalue weighted by atomic mass is 32.1. The number of benzene rings is 1. The number of thiazole rings is 1. The smallest absolute Gasteiger partial charge is 0.329 e. The molecule has 0 aliphatic heterocycles. The van der Waals surface area contributed by atoms with Crippen LogP contribution in [-0.2, 0) is 6.42 Å². The van der Waals surface area contributed by atoms with Crippen LogP contribution in [-0.4, -0.2) is 7.11 Å². The summed E-state index contributed by atoms with van der Waals surface area (Å²) in [7, 11) is 1.70. The second kappa shape index (κ2) is 5.83. The molecule has 1 aromatic carbocycles. The zero-order valence-corrected chi connectivity index (χ0v) is 12.6. The monoisotopic (exact) mass is 289 g/mol. The minimum atomic E-state index is 0.546. The SMILES string of the molecule is COc1ccc(CC(CC2CC2)c2csc(N)[nH+]2)cc1. The van der Waals surface area contributed by atoms with Crippen molar-refractivity contribution in [1.82, 2.24) is 0 Å². The molecule has 0 bridgehead atoms. The van der Waals surface area contributed by atoms with E-state index in [1.54, 1.807) is 18.4 Å². The molecule has 1 atom stereocenters. The van der Waals surface area contributed by atoms with Crippen LogP contribution in [0.15, 0.2) is 29.6 Å². The molecular formula is C16H21N2OS+. The summed E-state index contributed by atoms with van der Waals surface area (Å²) in [5.41, 5.74) is 8.48. The van der Waals surface area contributed by atoms with Crippen LogP contribution >= 0.6 is 11.3 Å². The van der Waals surface area contributed by atoms with Crippen molar-refractivity contribution >= 4 is 16.5 Å². The first-order valence-corrected chi connectivity index (χ1v) is 8.01. The molecule has 4 heteroatoms. The summed E-state index contributed by atoms with van der Waals surface area (Å²) in [6.45, 7) is 0. The lowest BCUT2D eigenvalue weighted by molar-refractivity contribution is -0.369. The van der Waals surface area contributed by atoms with Crippen molar-refractivity contribution in [1.29, 1.82) is 0 Å². The molecule has 1 heterocycles. The third-order valence-corrected chi connectivity index (χ3v) is 4.70. The summed E-state index contributed by atoms with van der Waals surface area (Å²) in [5, 5.41) is 2.97. The number of rotatable bonds is 6. The maximum atomic E-state index is 5.84. The van der Waals surface area contributed by atoms with Crippen LogP contribution in [0, 0.1) is 5.92 Å². The van der Waals surface area contributed by atoms with Gasteiger partial charge in [0.15, 0.2) is 0 Å². The summed E-state index contributed by atoms with van der Waals surface area (Å²) in [4.78, 5) is 3.32. The Morgan fingerprint density at radius 1 is 1.35 bits per heavy atom. The second-order valence-electron chi connectivity index (χ2n) is 5.61. The van der Waals surface area contributed by atoms with Crippen molar-refractivity contribution in [3.8, 4) is 5.75 Å². The molecule has 20 heavy (non-hydrogen) atoms. The number of nitrogens with two attached hydrogens (primary N) is 1. The molecule has 1 aliphatic carbocycles. The maximum Gasteiger partial charge on any atom is 0.329 e. The molecule has 3 rings (SSSR count). The first kappa shape index (κ1) is 13.4. The van der Waals surface area contributed by atoms with Gasteiger partial charge in [-0.05, 0) is 36.5 Å². The zero-order chi connectivity index (χ0) is 13.9. The van der Waals surface area contributed by atoms with Gasteiger partial charge in [-0.1, -0.05) is 36.3 Å². The number of aromatic nitrogens is 1. The molecular weight excluding hydrogens is 268 g/mol. The van der Waals surface area contributed by atoms with E-state index in [9.17, 15) is 0 Å². The number of nitrogens with one attached hydrogen (secondary N) is 1. The third kappa shape index (κ3) is 3.31. The molecule has 0 amide bonds. The van der Waals surface area contributed by atoms with Gasteiger partial charge in [0.25, 0.3) is 0 Å². The van der Waals surface area contributed by atoms with E-state index >= 15 is 0 Å². The second-order valence-corrected chi connectivity index (χ2v) is 6.52. The Morgan fingerprint density at radius 3 is 2.65 bits per heavy atom. The Morgan fingerprint density at radius 2 is 2.10 bits per heavy atom. The van der Waals surface area contributed by atoms with E-state index in [2.05, 4.69) is 22.5 Å². The van der Waals surface area contributed by atoms with E-state index in [1.165, 1.54) is 30.5 Å². The van der Waals surface area contributed by atoms with E-state index in [4.69, 9.17) is 10.5 Å². The molecule has 1 aromatic heterocycles. The van der Waals surface area contributed by atoms with Crippen molar-refractivity contribution in [2.45, 2.75) is 31.6 Å². The maximum absolute atomic E-state index is 5.84.